The molecule has 1 heterocycles. The largest absolute Gasteiger partial charge is 0.472 e. The molecule has 0 aliphatic heterocycles. The van der Waals surface area contributed by atoms with Crippen LogP contribution in [-0.4, -0.2) is 6.54 Å². The van der Waals surface area contributed by atoms with Crippen LogP contribution in [0.1, 0.15) is 29.7 Å². The fourth-order valence-electron chi connectivity index (χ4n) is 1.97. The molecule has 1 aromatic heterocycles. The van der Waals surface area contributed by atoms with Gasteiger partial charge in [-0.2, -0.15) is 0 Å². The lowest BCUT2D eigenvalue weighted by Gasteiger charge is -2.19. The summed E-state index contributed by atoms with van der Waals surface area (Å²) in [5.41, 5.74) is 3.03. The molecule has 17 heavy (non-hydrogen) atoms. The van der Waals surface area contributed by atoms with Crippen LogP contribution in [0.15, 0.2) is 41.2 Å². The molecule has 0 amide bonds. The maximum Gasteiger partial charge on any atom is 0.123 e. The monoisotopic (exact) mass is 233 g/mol. The molecule has 0 radical (unpaired) electrons. The Morgan fingerprint density at radius 3 is 2.82 bits per heavy atom. The van der Waals surface area contributed by atoms with Crippen molar-refractivity contribution in [1.82, 2.24) is 5.32 Å². The van der Waals surface area contributed by atoms with Crippen LogP contribution >= 0.6 is 0 Å². The molecule has 0 bridgehead atoms. The number of hydrogen-bond donors (Lipinski definition) is 1. The van der Waals surface area contributed by atoms with E-state index in [9.17, 15) is 4.39 Å². The first-order chi connectivity index (χ1) is 8.22. The lowest BCUT2D eigenvalue weighted by atomic mass is 9.96. The van der Waals surface area contributed by atoms with E-state index in [1.807, 2.05) is 19.9 Å². The molecule has 2 nitrogen and oxygen atoms in total. The van der Waals surface area contributed by atoms with E-state index in [4.69, 9.17) is 4.42 Å². The summed E-state index contributed by atoms with van der Waals surface area (Å²) in [5.74, 6) is -0.211. The predicted octanol–water partition coefficient (Wildman–Crippen LogP) is 3.43. The van der Waals surface area contributed by atoms with E-state index in [0.717, 1.165) is 23.2 Å². The third-order valence-corrected chi connectivity index (χ3v) is 2.84. The van der Waals surface area contributed by atoms with Gasteiger partial charge in [-0.1, -0.05) is 13.0 Å². The number of halogens is 1. The van der Waals surface area contributed by atoms with Gasteiger partial charge in [-0.15, -0.1) is 0 Å². The van der Waals surface area contributed by atoms with Crippen molar-refractivity contribution in [2.24, 2.45) is 0 Å². The van der Waals surface area contributed by atoms with Gasteiger partial charge >= 0.3 is 0 Å². The second kappa shape index (κ2) is 5.15. The quantitative estimate of drug-likeness (QED) is 0.875. The van der Waals surface area contributed by atoms with Gasteiger partial charge in [0.25, 0.3) is 0 Å². The molecule has 1 atom stereocenters. The summed E-state index contributed by atoms with van der Waals surface area (Å²) in [4.78, 5) is 0. The topological polar surface area (TPSA) is 25.2 Å². The summed E-state index contributed by atoms with van der Waals surface area (Å²) in [5, 5.41) is 3.34. The minimum atomic E-state index is -0.211. The van der Waals surface area contributed by atoms with E-state index < -0.39 is 0 Å². The Labute approximate surface area is 100 Å². The molecule has 2 rings (SSSR count). The fourth-order valence-corrected chi connectivity index (χ4v) is 1.97. The molecular weight excluding hydrogens is 217 g/mol. The smallest absolute Gasteiger partial charge is 0.123 e. The minimum Gasteiger partial charge on any atom is -0.472 e. The summed E-state index contributed by atoms with van der Waals surface area (Å²) >= 11 is 0. The van der Waals surface area contributed by atoms with Crippen molar-refractivity contribution in [2.75, 3.05) is 6.54 Å². The van der Waals surface area contributed by atoms with Gasteiger partial charge < -0.3 is 9.73 Å². The van der Waals surface area contributed by atoms with Crippen LogP contribution in [0.5, 0.6) is 0 Å². The third kappa shape index (κ3) is 2.56. The highest BCUT2D eigenvalue weighted by molar-refractivity contribution is 5.35. The van der Waals surface area contributed by atoms with Gasteiger partial charge in [0.2, 0.25) is 0 Å². The zero-order valence-electron chi connectivity index (χ0n) is 10.0. The Balaban J connectivity index is 2.42. The number of aryl methyl sites for hydroxylation is 1. The molecule has 0 aliphatic rings. The molecule has 1 unspecified atom stereocenters. The van der Waals surface area contributed by atoms with Crippen molar-refractivity contribution in [2.45, 2.75) is 19.9 Å². The maximum atomic E-state index is 13.3. The van der Waals surface area contributed by atoms with Crippen molar-refractivity contribution < 1.29 is 8.81 Å². The SMILES string of the molecule is CCNC(c1ccoc1)c1cc(F)ccc1C. The number of benzene rings is 1. The summed E-state index contributed by atoms with van der Waals surface area (Å²) in [6.45, 7) is 4.83. The number of nitrogens with one attached hydrogen (secondary N) is 1. The molecule has 0 spiro atoms. The Hall–Kier alpha value is -1.61. The van der Waals surface area contributed by atoms with Crippen LogP contribution in [0.2, 0.25) is 0 Å². The van der Waals surface area contributed by atoms with Crippen molar-refractivity contribution in [3.8, 4) is 0 Å². The zero-order valence-corrected chi connectivity index (χ0v) is 10.0. The van der Waals surface area contributed by atoms with E-state index in [1.54, 1.807) is 24.7 Å². The van der Waals surface area contributed by atoms with Crippen molar-refractivity contribution in [1.29, 1.82) is 0 Å². The standard InChI is InChI=1S/C14H16FNO/c1-3-16-14(11-6-7-17-9-11)13-8-12(15)5-4-10(13)2/h4-9,14,16H,3H2,1-2H3. The highest BCUT2D eigenvalue weighted by Crippen LogP contribution is 2.25. The van der Waals surface area contributed by atoms with E-state index in [-0.39, 0.29) is 11.9 Å². The fraction of sp³-hybridized carbons (Fsp3) is 0.286. The Morgan fingerprint density at radius 2 is 2.18 bits per heavy atom. The summed E-state index contributed by atoms with van der Waals surface area (Å²) in [6, 6.07) is 6.74. The zero-order chi connectivity index (χ0) is 12.3. The highest BCUT2D eigenvalue weighted by atomic mass is 19.1. The van der Waals surface area contributed by atoms with Crippen LogP contribution < -0.4 is 5.32 Å². The number of rotatable bonds is 4. The molecule has 0 saturated heterocycles. The molecule has 90 valence electrons. The molecule has 0 fully saturated rings. The van der Waals surface area contributed by atoms with Crippen molar-refractivity contribution in [3.63, 3.8) is 0 Å². The van der Waals surface area contributed by atoms with Gasteiger partial charge in [-0.3, -0.25) is 0 Å². The lowest BCUT2D eigenvalue weighted by molar-refractivity contribution is 0.551. The minimum absolute atomic E-state index is 0.0190. The van der Waals surface area contributed by atoms with E-state index in [2.05, 4.69) is 5.32 Å². The van der Waals surface area contributed by atoms with E-state index in [1.165, 1.54) is 6.07 Å². The highest BCUT2D eigenvalue weighted by Gasteiger charge is 2.16. The lowest BCUT2D eigenvalue weighted by Crippen LogP contribution is -2.22. The first kappa shape index (κ1) is 11.9. The average molecular weight is 233 g/mol. The normalized spacial score (nSPS) is 12.6. The Kier molecular flexibility index (Phi) is 3.59. The summed E-state index contributed by atoms with van der Waals surface area (Å²) < 4.78 is 18.4. The van der Waals surface area contributed by atoms with Crippen LogP contribution in [0.3, 0.4) is 0 Å². The van der Waals surface area contributed by atoms with Gasteiger partial charge in [0, 0.05) is 5.56 Å². The molecule has 2 aromatic rings. The van der Waals surface area contributed by atoms with E-state index in [0.29, 0.717) is 0 Å². The second-order valence-electron chi connectivity index (χ2n) is 4.05. The number of hydrogen-bond acceptors (Lipinski definition) is 2. The molecule has 1 aromatic carbocycles. The molecule has 0 aliphatic carbocycles. The molecular formula is C14H16FNO. The Morgan fingerprint density at radius 1 is 1.35 bits per heavy atom. The molecule has 1 N–H and O–H groups in total. The number of furan rings is 1. The molecule has 0 saturated carbocycles. The van der Waals surface area contributed by atoms with Crippen LogP contribution in [0.25, 0.3) is 0 Å². The maximum absolute atomic E-state index is 13.3. The average Bonchev–Trinajstić information content (AvgIpc) is 2.83. The van der Waals surface area contributed by atoms with Gasteiger partial charge in [0.05, 0.1) is 18.6 Å². The summed E-state index contributed by atoms with van der Waals surface area (Å²) in [7, 11) is 0. The van der Waals surface area contributed by atoms with Gasteiger partial charge in [0.15, 0.2) is 0 Å². The first-order valence-electron chi connectivity index (χ1n) is 5.74. The van der Waals surface area contributed by atoms with Gasteiger partial charge in [-0.05, 0) is 42.8 Å². The van der Waals surface area contributed by atoms with Crippen LogP contribution in [0.4, 0.5) is 4.39 Å². The van der Waals surface area contributed by atoms with Crippen molar-refractivity contribution in [3.05, 3.63) is 59.3 Å². The van der Waals surface area contributed by atoms with Crippen LogP contribution in [0, 0.1) is 12.7 Å². The van der Waals surface area contributed by atoms with Crippen molar-refractivity contribution >= 4 is 0 Å². The first-order valence-corrected chi connectivity index (χ1v) is 5.74. The molecule has 3 heteroatoms. The van der Waals surface area contributed by atoms with Gasteiger partial charge in [-0.25, -0.2) is 4.39 Å². The predicted molar refractivity (Wildman–Crippen MR) is 65.4 cm³/mol. The second-order valence-corrected chi connectivity index (χ2v) is 4.05. The summed E-state index contributed by atoms with van der Waals surface area (Å²) in [6.07, 6.45) is 3.33. The third-order valence-electron chi connectivity index (χ3n) is 2.84. The van der Waals surface area contributed by atoms with Gasteiger partial charge in [0.1, 0.15) is 5.82 Å². The van der Waals surface area contributed by atoms with Crippen LogP contribution in [-0.2, 0) is 0 Å². The Bertz CT molecular complexity index is 479. The van der Waals surface area contributed by atoms with E-state index >= 15 is 0 Å².